The molecule has 3 heterocycles. The van der Waals surface area contributed by atoms with E-state index in [1.807, 2.05) is 65.7 Å². The number of benzene rings is 1. The molecule has 1 amide bonds. The monoisotopic (exact) mass is 401 g/mol. The highest BCUT2D eigenvalue weighted by molar-refractivity contribution is 5.76. The van der Waals surface area contributed by atoms with Gasteiger partial charge in [0.25, 0.3) is 0 Å². The van der Waals surface area contributed by atoms with Crippen molar-refractivity contribution in [3.63, 3.8) is 0 Å². The number of anilines is 1. The Balaban J connectivity index is 1.30. The largest absolute Gasteiger partial charge is 0.353 e. The van der Waals surface area contributed by atoms with E-state index >= 15 is 0 Å². The van der Waals surface area contributed by atoms with E-state index in [9.17, 15) is 4.79 Å². The molecule has 1 saturated heterocycles. The van der Waals surface area contributed by atoms with E-state index in [0.717, 1.165) is 43.3 Å². The summed E-state index contributed by atoms with van der Waals surface area (Å²) in [6, 6.07) is 22.1. The summed E-state index contributed by atoms with van der Waals surface area (Å²) in [6.07, 6.45) is 4.09. The van der Waals surface area contributed by atoms with Crippen molar-refractivity contribution in [1.29, 1.82) is 0 Å². The van der Waals surface area contributed by atoms with Gasteiger partial charge in [0.15, 0.2) is 0 Å². The molecule has 4 rings (SSSR count). The first-order valence-corrected chi connectivity index (χ1v) is 10.4. The lowest BCUT2D eigenvalue weighted by Gasteiger charge is -2.35. The van der Waals surface area contributed by atoms with Crippen LogP contribution in [0.15, 0.2) is 79.1 Å². The quantitative estimate of drug-likeness (QED) is 0.660. The molecule has 2 aromatic heterocycles. The number of rotatable bonds is 7. The first-order chi connectivity index (χ1) is 14.8. The molecule has 1 aromatic carbocycles. The fourth-order valence-electron chi connectivity index (χ4n) is 3.79. The van der Waals surface area contributed by atoms with Gasteiger partial charge in [0.05, 0.1) is 11.7 Å². The fourth-order valence-corrected chi connectivity index (χ4v) is 3.79. The van der Waals surface area contributed by atoms with Crippen LogP contribution in [0.5, 0.6) is 0 Å². The fraction of sp³-hybridized carbons (Fsp3) is 0.292. The maximum absolute atomic E-state index is 12.7. The molecule has 3 aromatic rings. The number of piperazine rings is 1. The van der Waals surface area contributed by atoms with Crippen LogP contribution >= 0.6 is 0 Å². The van der Waals surface area contributed by atoms with Crippen molar-refractivity contribution in [2.75, 3.05) is 37.6 Å². The van der Waals surface area contributed by atoms with Crippen molar-refractivity contribution in [1.82, 2.24) is 20.2 Å². The molecule has 0 aliphatic carbocycles. The van der Waals surface area contributed by atoms with E-state index in [-0.39, 0.29) is 11.9 Å². The summed E-state index contributed by atoms with van der Waals surface area (Å²) in [5.41, 5.74) is 2.10. The maximum Gasteiger partial charge on any atom is 0.223 e. The van der Waals surface area contributed by atoms with E-state index in [2.05, 4.69) is 32.3 Å². The Morgan fingerprint density at radius 3 is 2.23 bits per heavy atom. The number of amides is 1. The molecule has 0 spiro atoms. The lowest BCUT2D eigenvalue weighted by atomic mass is 10.0. The Labute approximate surface area is 177 Å². The van der Waals surface area contributed by atoms with Gasteiger partial charge in [-0.05, 0) is 29.8 Å². The third-order valence-corrected chi connectivity index (χ3v) is 5.41. The molecule has 1 fully saturated rings. The van der Waals surface area contributed by atoms with Gasteiger partial charge < -0.3 is 15.1 Å². The minimum atomic E-state index is -0.0267. The molecule has 1 aliphatic rings. The van der Waals surface area contributed by atoms with Crippen molar-refractivity contribution in [2.45, 2.75) is 12.5 Å². The summed E-state index contributed by atoms with van der Waals surface area (Å²) < 4.78 is 0. The van der Waals surface area contributed by atoms with Gasteiger partial charge in [-0.15, -0.1) is 0 Å². The number of carbonyl (C=O) groups is 1. The number of nitrogens with one attached hydrogen (secondary N) is 1. The lowest BCUT2D eigenvalue weighted by Crippen LogP contribution is -2.49. The summed E-state index contributed by atoms with van der Waals surface area (Å²) in [6.45, 7) is 3.71. The van der Waals surface area contributed by atoms with Crippen LogP contribution in [0.25, 0.3) is 0 Å². The summed E-state index contributed by atoms with van der Waals surface area (Å²) in [7, 11) is 0. The van der Waals surface area contributed by atoms with E-state index in [0.29, 0.717) is 13.0 Å². The smallest absolute Gasteiger partial charge is 0.223 e. The highest BCUT2D eigenvalue weighted by Gasteiger charge is 2.22. The molecule has 0 saturated carbocycles. The Kier molecular flexibility index (Phi) is 6.67. The average Bonchev–Trinajstić information content (AvgIpc) is 2.83. The zero-order valence-corrected chi connectivity index (χ0v) is 17.0. The third kappa shape index (κ3) is 5.02. The third-order valence-electron chi connectivity index (χ3n) is 5.41. The van der Waals surface area contributed by atoms with E-state index in [1.165, 1.54) is 0 Å². The predicted octanol–water partition coefficient (Wildman–Crippen LogP) is 2.89. The van der Waals surface area contributed by atoms with Crippen LogP contribution < -0.4 is 10.2 Å². The molecular formula is C24H27N5O. The van der Waals surface area contributed by atoms with E-state index in [4.69, 9.17) is 0 Å². The molecule has 154 valence electrons. The number of pyridine rings is 2. The maximum atomic E-state index is 12.7. The molecule has 1 aliphatic heterocycles. The molecule has 1 unspecified atom stereocenters. The van der Waals surface area contributed by atoms with Gasteiger partial charge in [-0.25, -0.2) is 4.98 Å². The average molecular weight is 402 g/mol. The molecule has 0 radical (unpaired) electrons. The normalized spacial score (nSPS) is 15.1. The van der Waals surface area contributed by atoms with Crippen LogP contribution in [-0.2, 0) is 4.79 Å². The number of nitrogens with zero attached hydrogens (tertiary/aromatic N) is 4. The van der Waals surface area contributed by atoms with Crippen molar-refractivity contribution >= 4 is 11.7 Å². The Morgan fingerprint density at radius 2 is 1.57 bits per heavy atom. The minimum Gasteiger partial charge on any atom is -0.353 e. The standard InChI is InChI=1S/C24H27N5O/c30-23(29-18-16-28(17-19-29)22-11-5-7-14-26-22)12-15-27-24(20-8-2-1-3-9-20)21-10-4-6-13-25-21/h1-11,13-14,24,27H,12,15-19H2. The first kappa shape index (κ1) is 20.0. The number of hydrogen-bond donors (Lipinski definition) is 1. The van der Waals surface area contributed by atoms with Gasteiger partial charge in [-0.3, -0.25) is 9.78 Å². The summed E-state index contributed by atoms with van der Waals surface area (Å²) in [5, 5.41) is 3.53. The Morgan fingerprint density at radius 1 is 0.867 bits per heavy atom. The predicted molar refractivity (Wildman–Crippen MR) is 118 cm³/mol. The first-order valence-electron chi connectivity index (χ1n) is 10.4. The van der Waals surface area contributed by atoms with Crippen LogP contribution in [0, 0.1) is 0 Å². The van der Waals surface area contributed by atoms with E-state index in [1.54, 1.807) is 6.20 Å². The summed E-state index contributed by atoms with van der Waals surface area (Å²) >= 11 is 0. The number of carbonyl (C=O) groups excluding carboxylic acids is 1. The summed E-state index contributed by atoms with van der Waals surface area (Å²) in [4.78, 5) is 25.8. The SMILES string of the molecule is O=C(CCNC(c1ccccc1)c1ccccn1)N1CCN(c2ccccn2)CC1. The van der Waals surface area contributed by atoms with Crippen molar-refractivity contribution in [3.8, 4) is 0 Å². The molecule has 30 heavy (non-hydrogen) atoms. The highest BCUT2D eigenvalue weighted by atomic mass is 16.2. The van der Waals surface area contributed by atoms with Gasteiger partial charge in [0.2, 0.25) is 5.91 Å². The molecule has 6 heteroatoms. The second-order valence-electron chi connectivity index (χ2n) is 7.36. The Bertz CT molecular complexity index is 873. The van der Waals surface area contributed by atoms with Gasteiger partial charge in [0.1, 0.15) is 5.82 Å². The van der Waals surface area contributed by atoms with Gasteiger partial charge >= 0.3 is 0 Å². The Hall–Kier alpha value is -3.25. The van der Waals surface area contributed by atoms with Crippen LogP contribution in [0.1, 0.15) is 23.7 Å². The molecule has 0 bridgehead atoms. The second kappa shape index (κ2) is 9.98. The van der Waals surface area contributed by atoms with Gasteiger partial charge in [0, 0.05) is 51.5 Å². The zero-order valence-electron chi connectivity index (χ0n) is 17.0. The van der Waals surface area contributed by atoms with Crippen LogP contribution in [0.2, 0.25) is 0 Å². The molecule has 1 N–H and O–H groups in total. The zero-order chi connectivity index (χ0) is 20.6. The van der Waals surface area contributed by atoms with Gasteiger partial charge in [-0.1, -0.05) is 42.5 Å². The van der Waals surface area contributed by atoms with Crippen molar-refractivity contribution < 1.29 is 4.79 Å². The van der Waals surface area contributed by atoms with Crippen LogP contribution in [0.4, 0.5) is 5.82 Å². The summed E-state index contributed by atoms with van der Waals surface area (Å²) in [5.74, 6) is 1.17. The molecule has 6 nitrogen and oxygen atoms in total. The second-order valence-corrected chi connectivity index (χ2v) is 7.36. The molecule has 1 atom stereocenters. The van der Waals surface area contributed by atoms with Crippen LogP contribution in [0.3, 0.4) is 0 Å². The number of aromatic nitrogens is 2. The van der Waals surface area contributed by atoms with Crippen molar-refractivity contribution in [2.24, 2.45) is 0 Å². The van der Waals surface area contributed by atoms with E-state index < -0.39 is 0 Å². The topological polar surface area (TPSA) is 61.4 Å². The molecular weight excluding hydrogens is 374 g/mol. The van der Waals surface area contributed by atoms with Crippen molar-refractivity contribution in [3.05, 3.63) is 90.4 Å². The lowest BCUT2D eigenvalue weighted by molar-refractivity contribution is -0.131. The number of hydrogen-bond acceptors (Lipinski definition) is 5. The minimum absolute atomic E-state index is 0.0267. The van der Waals surface area contributed by atoms with Crippen LogP contribution in [-0.4, -0.2) is 53.5 Å². The van der Waals surface area contributed by atoms with Gasteiger partial charge in [-0.2, -0.15) is 0 Å². The highest BCUT2D eigenvalue weighted by Crippen LogP contribution is 2.20.